The average Bonchev–Trinajstić information content (AvgIpc) is 3.48. The van der Waals surface area contributed by atoms with Crippen molar-refractivity contribution in [3.63, 3.8) is 0 Å². The van der Waals surface area contributed by atoms with Crippen LogP contribution in [0.25, 0.3) is 10.9 Å². The second kappa shape index (κ2) is 13.9. The number of benzene rings is 2. The lowest BCUT2D eigenvalue weighted by Gasteiger charge is -2.37. The van der Waals surface area contributed by atoms with Crippen LogP contribution in [-0.4, -0.2) is 55.9 Å². The number of nitrogens with one attached hydrogen (secondary N) is 1. The van der Waals surface area contributed by atoms with E-state index in [1.54, 1.807) is 0 Å². The maximum Gasteiger partial charge on any atom is 0.160 e. The van der Waals surface area contributed by atoms with E-state index >= 15 is 0 Å². The van der Waals surface area contributed by atoms with Crippen LogP contribution < -0.4 is 9.80 Å². The monoisotopic (exact) mass is 552 g/mol. The number of H-pyrrole nitrogens is 1. The van der Waals surface area contributed by atoms with Gasteiger partial charge in [0.05, 0.1) is 22.4 Å². The number of hydrogen-bond acceptors (Lipinski definition) is 5. The summed E-state index contributed by atoms with van der Waals surface area (Å²) in [6, 6.07) is 13.5. The molecule has 2 aliphatic rings. The summed E-state index contributed by atoms with van der Waals surface area (Å²) in [5.74, 6) is 1.00. The van der Waals surface area contributed by atoms with Crippen molar-refractivity contribution in [3.05, 3.63) is 53.2 Å². The number of nitrogens with zero attached hydrogens (tertiary/aromatic N) is 3. The quantitative estimate of drug-likeness (QED) is 0.184. The van der Waals surface area contributed by atoms with Gasteiger partial charge in [0.15, 0.2) is 6.29 Å². The highest BCUT2D eigenvalue weighted by Crippen LogP contribution is 2.36. The summed E-state index contributed by atoms with van der Waals surface area (Å²) in [5.41, 5.74) is 5.00. The van der Waals surface area contributed by atoms with Gasteiger partial charge in [0.2, 0.25) is 0 Å². The largest absolute Gasteiger partial charge is 0.372 e. The average molecular weight is 553 g/mol. The Balaban J connectivity index is 1.17. The van der Waals surface area contributed by atoms with Crippen LogP contribution in [0.1, 0.15) is 76.7 Å². The zero-order valence-corrected chi connectivity index (χ0v) is 24.5. The van der Waals surface area contributed by atoms with Gasteiger partial charge in [-0.15, -0.1) is 0 Å². The summed E-state index contributed by atoms with van der Waals surface area (Å²) < 4.78 is 12.4. The van der Waals surface area contributed by atoms with Crippen molar-refractivity contribution < 1.29 is 9.47 Å². The van der Waals surface area contributed by atoms with Gasteiger partial charge in [-0.3, -0.25) is 5.10 Å². The summed E-state index contributed by atoms with van der Waals surface area (Å²) in [6.07, 6.45) is 10.9. The summed E-state index contributed by atoms with van der Waals surface area (Å²) >= 11 is 6.39. The number of piperidine rings is 2. The number of aromatic nitrogens is 2. The Bertz CT molecular complexity index is 1150. The minimum Gasteiger partial charge on any atom is -0.372 e. The number of hydrogen-bond donors (Lipinski definition) is 1. The lowest BCUT2D eigenvalue weighted by Crippen LogP contribution is -2.40. The molecule has 212 valence electrons. The lowest BCUT2D eigenvalue weighted by atomic mass is 9.90. The van der Waals surface area contributed by atoms with Crippen LogP contribution >= 0.6 is 11.6 Å². The number of unbranched alkanes of at least 4 members (excludes halogenated alkanes) is 2. The molecule has 3 aromatic rings. The molecule has 39 heavy (non-hydrogen) atoms. The van der Waals surface area contributed by atoms with Crippen LogP contribution in [0.5, 0.6) is 0 Å². The summed E-state index contributed by atoms with van der Waals surface area (Å²) in [4.78, 5) is 5.02. The second-order valence-corrected chi connectivity index (χ2v) is 11.7. The molecule has 1 atom stereocenters. The lowest BCUT2D eigenvalue weighted by molar-refractivity contribution is -0.177. The van der Waals surface area contributed by atoms with Crippen molar-refractivity contribution in [3.8, 4) is 0 Å². The number of halogens is 1. The Labute approximate surface area is 239 Å². The van der Waals surface area contributed by atoms with Crippen LogP contribution in [0.4, 0.5) is 11.4 Å². The Morgan fingerprint density at radius 1 is 0.923 bits per heavy atom. The van der Waals surface area contributed by atoms with E-state index in [4.69, 9.17) is 21.1 Å². The molecule has 0 aliphatic carbocycles. The molecule has 5 rings (SSSR count). The number of rotatable bonds is 12. The maximum atomic E-state index is 6.39. The van der Waals surface area contributed by atoms with Crippen molar-refractivity contribution in [2.75, 3.05) is 49.2 Å². The first-order valence-electron chi connectivity index (χ1n) is 15.1. The third-order valence-corrected chi connectivity index (χ3v) is 8.85. The van der Waals surface area contributed by atoms with Gasteiger partial charge in [0.1, 0.15) is 0 Å². The highest BCUT2D eigenvalue weighted by Gasteiger charge is 2.28. The predicted octanol–water partition coefficient (Wildman–Crippen LogP) is 7.78. The fourth-order valence-corrected chi connectivity index (χ4v) is 6.32. The van der Waals surface area contributed by atoms with Crippen LogP contribution in [0.3, 0.4) is 0 Å². The Morgan fingerprint density at radius 2 is 1.64 bits per heavy atom. The molecule has 2 saturated heterocycles. The highest BCUT2D eigenvalue weighted by atomic mass is 35.5. The predicted molar refractivity (Wildman–Crippen MR) is 162 cm³/mol. The number of fused-ring (bicyclic) bond motifs is 1. The molecule has 0 saturated carbocycles. The molecule has 0 bridgehead atoms. The van der Waals surface area contributed by atoms with Gasteiger partial charge < -0.3 is 19.3 Å². The van der Waals surface area contributed by atoms with Crippen LogP contribution in [-0.2, 0) is 9.47 Å². The van der Waals surface area contributed by atoms with Gasteiger partial charge in [0.25, 0.3) is 0 Å². The van der Waals surface area contributed by atoms with Crippen molar-refractivity contribution >= 4 is 33.9 Å². The number of aromatic amines is 1. The van der Waals surface area contributed by atoms with Crippen LogP contribution in [0.2, 0.25) is 5.02 Å². The summed E-state index contributed by atoms with van der Waals surface area (Å²) in [7, 11) is 0. The Kier molecular flexibility index (Phi) is 10.0. The van der Waals surface area contributed by atoms with Gasteiger partial charge in [-0.25, -0.2) is 0 Å². The van der Waals surface area contributed by atoms with E-state index < -0.39 is 0 Å². The zero-order chi connectivity index (χ0) is 27.0. The topological polar surface area (TPSA) is 53.6 Å². The molecule has 0 amide bonds. The first kappa shape index (κ1) is 28.3. The molecule has 6 nitrogen and oxygen atoms in total. The van der Waals surface area contributed by atoms with Gasteiger partial charge in [0, 0.05) is 62.3 Å². The number of anilines is 2. The van der Waals surface area contributed by atoms with E-state index in [-0.39, 0.29) is 6.29 Å². The zero-order valence-electron chi connectivity index (χ0n) is 23.7. The fourth-order valence-electron chi connectivity index (χ4n) is 6.11. The molecule has 0 radical (unpaired) electrons. The van der Waals surface area contributed by atoms with Crippen molar-refractivity contribution in [2.24, 2.45) is 5.92 Å². The van der Waals surface area contributed by atoms with E-state index in [1.165, 1.54) is 29.8 Å². The smallest absolute Gasteiger partial charge is 0.160 e. The van der Waals surface area contributed by atoms with E-state index in [1.807, 2.05) is 12.3 Å². The number of ether oxygens (including phenoxy) is 2. The first-order chi connectivity index (χ1) is 19.2. The van der Waals surface area contributed by atoms with Gasteiger partial charge in [-0.05, 0) is 68.4 Å². The molecule has 0 spiro atoms. The van der Waals surface area contributed by atoms with Gasteiger partial charge in [-0.1, -0.05) is 50.4 Å². The second-order valence-electron chi connectivity index (χ2n) is 11.2. The minimum absolute atomic E-state index is 0.0505. The minimum atomic E-state index is -0.0505. The molecule has 2 fully saturated rings. The highest BCUT2D eigenvalue weighted by molar-refractivity contribution is 6.35. The third kappa shape index (κ3) is 6.90. The molecule has 0 unspecified atom stereocenters. The Hall–Kier alpha value is -2.28. The van der Waals surface area contributed by atoms with E-state index in [0.29, 0.717) is 11.8 Å². The standard InChI is InChI=1S/C32H45ClN4O2/c1-3-5-20-38-32(39-21-6-4-2)25-15-18-36(19-16-25)27-11-9-24(10-12-27)26-8-7-17-37(23-26)30-14-13-29(33)28-22-34-35-31(28)30/h9-14,22,25-26,32H,3-8,15-21,23H2,1-2H3,(H,34,35)/t26-/m0/s1. The fraction of sp³-hybridized carbons (Fsp3) is 0.594. The molecule has 1 aromatic heterocycles. The van der Waals surface area contributed by atoms with Crippen LogP contribution in [0, 0.1) is 5.92 Å². The Morgan fingerprint density at radius 3 is 2.33 bits per heavy atom. The molecule has 1 N–H and O–H groups in total. The normalized spacial score (nSPS) is 18.9. The first-order valence-corrected chi connectivity index (χ1v) is 15.5. The summed E-state index contributed by atoms with van der Waals surface area (Å²) in [5, 5.41) is 9.15. The van der Waals surface area contributed by atoms with Crippen molar-refractivity contribution in [2.45, 2.75) is 77.4 Å². The molecule has 2 aromatic carbocycles. The summed E-state index contributed by atoms with van der Waals surface area (Å²) in [6.45, 7) is 10.2. The maximum absolute atomic E-state index is 6.39. The van der Waals surface area contributed by atoms with Crippen LogP contribution in [0.15, 0.2) is 42.6 Å². The van der Waals surface area contributed by atoms with E-state index in [0.717, 1.165) is 93.8 Å². The molecule has 7 heteroatoms. The van der Waals surface area contributed by atoms with E-state index in [2.05, 4.69) is 64.2 Å². The molecule has 3 heterocycles. The van der Waals surface area contributed by atoms with E-state index in [9.17, 15) is 0 Å². The molecule has 2 aliphatic heterocycles. The third-order valence-electron chi connectivity index (χ3n) is 8.52. The van der Waals surface area contributed by atoms with Crippen molar-refractivity contribution in [1.82, 2.24) is 10.2 Å². The molecular weight excluding hydrogens is 508 g/mol. The van der Waals surface area contributed by atoms with Crippen molar-refractivity contribution in [1.29, 1.82) is 0 Å². The SMILES string of the molecule is CCCCOC(OCCCC)C1CCN(c2ccc([C@H]3CCCN(c4ccc(Cl)c5cn[nH]c45)C3)cc2)CC1. The van der Waals surface area contributed by atoms with Gasteiger partial charge >= 0.3 is 0 Å². The molecular formula is C32H45ClN4O2. The van der Waals surface area contributed by atoms with Gasteiger partial charge in [-0.2, -0.15) is 5.10 Å².